The number of nitrogens with one attached hydrogen (secondary N) is 1. The number of nitrogens with zero attached hydrogens (tertiary/aromatic N) is 3. The predicted octanol–water partition coefficient (Wildman–Crippen LogP) is 4.33. The lowest BCUT2D eigenvalue weighted by molar-refractivity contribution is 0.130. The maximum absolute atomic E-state index is 13.7. The Morgan fingerprint density at radius 3 is 2.54 bits per heavy atom. The second-order valence-electron chi connectivity index (χ2n) is 6.57. The van der Waals surface area contributed by atoms with E-state index < -0.39 is 11.6 Å². The molecule has 0 radical (unpaired) electrons. The second kappa shape index (κ2) is 7.59. The molecule has 3 aromatic rings. The number of carbonyl (C=O) groups is 1. The number of benzene rings is 2. The maximum Gasteiger partial charge on any atom is 0.323 e. The van der Waals surface area contributed by atoms with E-state index in [2.05, 4.69) is 14.7 Å². The maximum atomic E-state index is 13.7. The standard InChI is InChI=1S/C19H15F3N4OS/c20-14-4-1-12(2-5-14)17-23-18(28-25-17)24-19(27)26-9-11(10-26)7-13-3-6-15(21)8-16(13)22/h1-6,8,11H,7,9-10H2,(H,23,24,25,27). The van der Waals surface area contributed by atoms with Gasteiger partial charge in [-0.15, -0.1) is 0 Å². The highest BCUT2D eigenvalue weighted by molar-refractivity contribution is 7.10. The van der Waals surface area contributed by atoms with Crippen LogP contribution in [0.5, 0.6) is 0 Å². The van der Waals surface area contributed by atoms with E-state index in [9.17, 15) is 18.0 Å². The molecule has 0 spiro atoms. The van der Waals surface area contributed by atoms with Crippen molar-refractivity contribution < 1.29 is 18.0 Å². The Kier molecular flexibility index (Phi) is 4.99. The van der Waals surface area contributed by atoms with Crippen LogP contribution in [0.2, 0.25) is 0 Å². The largest absolute Gasteiger partial charge is 0.324 e. The molecule has 2 heterocycles. The number of carbonyl (C=O) groups excluding carboxylic acids is 1. The van der Waals surface area contributed by atoms with E-state index >= 15 is 0 Å². The highest BCUT2D eigenvalue weighted by Crippen LogP contribution is 2.25. The lowest BCUT2D eigenvalue weighted by Crippen LogP contribution is -2.52. The van der Waals surface area contributed by atoms with Crippen molar-refractivity contribution in [1.82, 2.24) is 14.3 Å². The summed E-state index contributed by atoms with van der Waals surface area (Å²) in [7, 11) is 0. The van der Waals surface area contributed by atoms with Gasteiger partial charge in [0.2, 0.25) is 5.13 Å². The van der Waals surface area contributed by atoms with E-state index in [1.54, 1.807) is 17.0 Å². The van der Waals surface area contributed by atoms with Crippen LogP contribution in [0.25, 0.3) is 11.4 Å². The average molecular weight is 404 g/mol. The van der Waals surface area contributed by atoms with Gasteiger partial charge in [-0.1, -0.05) is 6.07 Å². The highest BCUT2D eigenvalue weighted by atomic mass is 32.1. The number of rotatable bonds is 4. The van der Waals surface area contributed by atoms with Crippen LogP contribution in [0.3, 0.4) is 0 Å². The Morgan fingerprint density at radius 1 is 1.11 bits per heavy atom. The first-order valence-corrected chi connectivity index (χ1v) is 9.35. The summed E-state index contributed by atoms with van der Waals surface area (Å²) >= 11 is 1.04. The lowest BCUT2D eigenvalue weighted by atomic mass is 9.92. The minimum Gasteiger partial charge on any atom is -0.324 e. The molecule has 1 aliphatic rings. The fourth-order valence-electron chi connectivity index (χ4n) is 3.02. The normalized spacial score (nSPS) is 14.0. The minimum absolute atomic E-state index is 0.120. The monoisotopic (exact) mass is 404 g/mol. The summed E-state index contributed by atoms with van der Waals surface area (Å²) in [6.07, 6.45) is 0.448. The van der Waals surface area contributed by atoms with Crippen LogP contribution in [-0.4, -0.2) is 33.4 Å². The topological polar surface area (TPSA) is 58.1 Å². The summed E-state index contributed by atoms with van der Waals surface area (Å²) in [6.45, 7) is 0.957. The van der Waals surface area contributed by atoms with Crippen LogP contribution >= 0.6 is 11.5 Å². The Balaban J connectivity index is 1.30. The van der Waals surface area contributed by atoms with Gasteiger partial charge in [-0.25, -0.2) is 18.0 Å². The van der Waals surface area contributed by atoms with Crippen LogP contribution in [0.1, 0.15) is 5.56 Å². The Labute approximate surface area is 163 Å². The molecular formula is C19H15F3N4OS. The molecule has 0 atom stereocenters. The van der Waals surface area contributed by atoms with Crippen molar-refractivity contribution in [1.29, 1.82) is 0 Å². The van der Waals surface area contributed by atoms with E-state index in [-0.39, 0.29) is 17.8 Å². The highest BCUT2D eigenvalue weighted by Gasteiger charge is 2.31. The third kappa shape index (κ3) is 3.99. The molecule has 28 heavy (non-hydrogen) atoms. The van der Waals surface area contributed by atoms with Crippen molar-refractivity contribution in [3.05, 3.63) is 65.5 Å². The van der Waals surface area contributed by atoms with Crippen LogP contribution in [0.4, 0.5) is 23.1 Å². The Hall–Kier alpha value is -2.94. The van der Waals surface area contributed by atoms with Crippen molar-refractivity contribution >= 4 is 22.7 Å². The zero-order valence-corrected chi connectivity index (χ0v) is 15.3. The smallest absolute Gasteiger partial charge is 0.323 e. The van der Waals surface area contributed by atoms with E-state index in [4.69, 9.17) is 0 Å². The Morgan fingerprint density at radius 2 is 1.82 bits per heavy atom. The number of aromatic nitrogens is 2. The average Bonchev–Trinajstić information content (AvgIpc) is 3.08. The summed E-state index contributed by atoms with van der Waals surface area (Å²) in [6, 6.07) is 9.00. The van der Waals surface area contributed by atoms with Gasteiger partial charge in [-0.3, -0.25) is 5.32 Å². The van der Waals surface area contributed by atoms with Crippen molar-refractivity contribution in [2.45, 2.75) is 6.42 Å². The van der Waals surface area contributed by atoms with Gasteiger partial charge in [0.25, 0.3) is 0 Å². The summed E-state index contributed by atoms with van der Waals surface area (Å²) in [5.74, 6) is -0.984. The summed E-state index contributed by atoms with van der Waals surface area (Å²) in [4.78, 5) is 18.1. The number of hydrogen-bond acceptors (Lipinski definition) is 4. The molecule has 1 aliphatic heterocycles. The molecule has 1 fully saturated rings. The number of likely N-dealkylation sites (tertiary alicyclic amines) is 1. The first kappa shape index (κ1) is 18.4. The molecule has 1 saturated heterocycles. The number of amides is 2. The van der Waals surface area contributed by atoms with Gasteiger partial charge in [0, 0.05) is 36.3 Å². The van der Waals surface area contributed by atoms with Crippen molar-refractivity contribution in [2.75, 3.05) is 18.4 Å². The zero-order valence-electron chi connectivity index (χ0n) is 14.5. The first-order valence-electron chi connectivity index (χ1n) is 8.57. The number of urea groups is 1. The second-order valence-corrected chi connectivity index (χ2v) is 7.32. The Bertz CT molecular complexity index is 1000. The van der Waals surface area contributed by atoms with Gasteiger partial charge >= 0.3 is 6.03 Å². The zero-order chi connectivity index (χ0) is 19.7. The summed E-state index contributed by atoms with van der Waals surface area (Å²) in [5, 5.41) is 3.03. The molecule has 2 aromatic carbocycles. The van der Waals surface area contributed by atoms with Gasteiger partial charge in [0.15, 0.2) is 5.82 Å². The molecule has 1 N–H and O–H groups in total. The molecule has 0 unspecified atom stereocenters. The van der Waals surface area contributed by atoms with Gasteiger partial charge in [0.1, 0.15) is 17.5 Å². The fourth-order valence-corrected chi connectivity index (χ4v) is 3.60. The third-order valence-corrected chi connectivity index (χ3v) is 5.14. The molecule has 4 rings (SSSR count). The van der Waals surface area contributed by atoms with E-state index in [1.807, 2.05) is 0 Å². The number of hydrogen-bond donors (Lipinski definition) is 1. The van der Waals surface area contributed by atoms with Crippen LogP contribution < -0.4 is 5.32 Å². The van der Waals surface area contributed by atoms with Crippen LogP contribution in [-0.2, 0) is 6.42 Å². The minimum atomic E-state index is -0.604. The van der Waals surface area contributed by atoms with Crippen molar-refractivity contribution in [3.8, 4) is 11.4 Å². The van der Waals surface area contributed by atoms with Gasteiger partial charge in [-0.05, 0) is 48.2 Å². The number of halogens is 3. The molecule has 5 nitrogen and oxygen atoms in total. The molecule has 1 aromatic heterocycles. The van der Waals surface area contributed by atoms with Crippen LogP contribution in [0, 0.1) is 23.4 Å². The third-order valence-electron chi connectivity index (χ3n) is 4.51. The van der Waals surface area contributed by atoms with Crippen molar-refractivity contribution in [3.63, 3.8) is 0 Å². The number of anilines is 1. The van der Waals surface area contributed by atoms with E-state index in [0.29, 0.717) is 41.6 Å². The molecule has 2 amide bonds. The van der Waals surface area contributed by atoms with Crippen molar-refractivity contribution in [2.24, 2.45) is 5.92 Å². The predicted molar refractivity (Wildman–Crippen MR) is 99.4 cm³/mol. The summed E-state index contributed by atoms with van der Waals surface area (Å²) in [5.41, 5.74) is 1.10. The van der Waals surface area contributed by atoms with Crippen LogP contribution in [0.15, 0.2) is 42.5 Å². The van der Waals surface area contributed by atoms with Gasteiger partial charge < -0.3 is 4.90 Å². The quantitative estimate of drug-likeness (QED) is 0.704. The first-order chi connectivity index (χ1) is 13.5. The summed E-state index contributed by atoms with van der Waals surface area (Å²) < 4.78 is 43.8. The van der Waals surface area contributed by atoms with E-state index in [0.717, 1.165) is 17.6 Å². The van der Waals surface area contributed by atoms with E-state index in [1.165, 1.54) is 24.3 Å². The van der Waals surface area contributed by atoms with Gasteiger partial charge in [0.05, 0.1) is 0 Å². The SMILES string of the molecule is O=C(Nc1nc(-c2ccc(F)cc2)ns1)N1CC(Cc2ccc(F)cc2F)C1. The molecular weight excluding hydrogens is 389 g/mol. The molecule has 9 heteroatoms. The molecule has 0 bridgehead atoms. The molecule has 0 aliphatic carbocycles. The fraction of sp³-hybridized carbons (Fsp3) is 0.211. The lowest BCUT2D eigenvalue weighted by Gasteiger charge is -2.39. The molecule has 0 saturated carbocycles. The van der Waals surface area contributed by atoms with Gasteiger partial charge in [-0.2, -0.15) is 9.36 Å². The molecule has 144 valence electrons.